The molecule has 6 heteroatoms. The number of halogens is 1. The molecule has 5 nitrogen and oxygen atoms in total. The number of amides is 2. The number of aliphatic hydroxyl groups excluding tert-OH is 1. The molecule has 1 rings (SSSR count). The maximum atomic E-state index is 11.9. The van der Waals surface area contributed by atoms with E-state index < -0.39 is 24.0 Å². The third-order valence-corrected chi connectivity index (χ3v) is 3.48. The molecule has 0 fully saturated rings. The molecule has 0 aliphatic carbocycles. The molecule has 0 aliphatic rings. The normalized spacial score (nSPS) is 13.8. The van der Waals surface area contributed by atoms with Crippen LogP contribution in [0.1, 0.15) is 25.8 Å². The number of aliphatic hydroxyl groups is 1. The van der Waals surface area contributed by atoms with Crippen molar-refractivity contribution < 1.29 is 14.7 Å². The monoisotopic (exact) mass is 356 g/mol. The minimum atomic E-state index is -1.13. The Morgan fingerprint density at radius 1 is 1.38 bits per heavy atom. The highest BCUT2D eigenvalue weighted by molar-refractivity contribution is 9.10. The van der Waals surface area contributed by atoms with Crippen LogP contribution in [0.2, 0.25) is 0 Å². The highest BCUT2D eigenvalue weighted by atomic mass is 79.9. The topological polar surface area (TPSA) is 92.4 Å². The summed E-state index contributed by atoms with van der Waals surface area (Å²) >= 11 is 3.35. The van der Waals surface area contributed by atoms with E-state index in [1.54, 1.807) is 0 Å². The summed E-state index contributed by atoms with van der Waals surface area (Å²) in [5.74, 6) is -1.01. The number of nitrogens with one attached hydrogen (secondary N) is 1. The van der Waals surface area contributed by atoms with Crippen LogP contribution in [0, 0.1) is 5.92 Å². The van der Waals surface area contributed by atoms with Gasteiger partial charge in [-0.25, -0.2) is 0 Å². The van der Waals surface area contributed by atoms with Crippen molar-refractivity contribution in [2.75, 3.05) is 0 Å². The van der Waals surface area contributed by atoms with E-state index in [0.29, 0.717) is 6.42 Å². The number of nitrogens with two attached hydrogens (primary N) is 1. The van der Waals surface area contributed by atoms with E-state index in [1.165, 1.54) is 0 Å². The van der Waals surface area contributed by atoms with Crippen LogP contribution in [0.5, 0.6) is 0 Å². The Labute approximate surface area is 133 Å². The molecule has 21 heavy (non-hydrogen) atoms. The standard InChI is InChI=1S/C15H21BrN2O3/c1-9(2)6-13(19)15(21)18-12(14(17)20)8-10-4-3-5-11(16)7-10/h3-5,7,9,12-13,19H,6,8H2,1-2H3,(H2,17,20)(H,18,21)/t12-,13-/m0/s1. The zero-order valence-corrected chi connectivity index (χ0v) is 13.8. The Balaban J connectivity index is 2.70. The van der Waals surface area contributed by atoms with Crippen molar-refractivity contribution in [3.8, 4) is 0 Å². The summed E-state index contributed by atoms with van der Waals surface area (Å²) in [4.78, 5) is 23.4. The van der Waals surface area contributed by atoms with E-state index in [1.807, 2.05) is 38.1 Å². The Hall–Kier alpha value is -1.40. The van der Waals surface area contributed by atoms with Gasteiger partial charge < -0.3 is 16.2 Å². The Bertz CT molecular complexity index is 505. The summed E-state index contributed by atoms with van der Waals surface area (Å²) in [5.41, 5.74) is 6.19. The van der Waals surface area contributed by atoms with Crippen LogP contribution >= 0.6 is 15.9 Å². The Morgan fingerprint density at radius 2 is 2.05 bits per heavy atom. The fraction of sp³-hybridized carbons (Fsp3) is 0.467. The van der Waals surface area contributed by atoms with Crippen molar-refractivity contribution in [2.24, 2.45) is 11.7 Å². The maximum Gasteiger partial charge on any atom is 0.249 e. The molecule has 0 heterocycles. The molecule has 1 aromatic rings. The molecule has 0 radical (unpaired) electrons. The lowest BCUT2D eigenvalue weighted by Crippen LogP contribution is -2.49. The summed E-state index contributed by atoms with van der Waals surface area (Å²) in [6.07, 6.45) is -0.502. The third kappa shape index (κ3) is 6.27. The number of hydrogen-bond donors (Lipinski definition) is 3. The van der Waals surface area contributed by atoms with Crippen molar-refractivity contribution in [3.05, 3.63) is 34.3 Å². The summed E-state index contributed by atoms with van der Waals surface area (Å²) in [5, 5.41) is 12.3. The van der Waals surface area contributed by atoms with Gasteiger partial charge in [-0.2, -0.15) is 0 Å². The minimum Gasteiger partial charge on any atom is -0.383 e. The molecule has 2 amide bonds. The Kier molecular flexibility index (Phi) is 6.84. The number of primary amides is 1. The molecule has 0 aliphatic heterocycles. The zero-order chi connectivity index (χ0) is 16.0. The van der Waals surface area contributed by atoms with E-state index in [0.717, 1.165) is 10.0 Å². The smallest absolute Gasteiger partial charge is 0.249 e. The molecule has 0 spiro atoms. The summed E-state index contributed by atoms with van der Waals surface area (Å²) in [7, 11) is 0. The van der Waals surface area contributed by atoms with Crippen molar-refractivity contribution >= 4 is 27.7 Å². The summed E-state index contributed by atoms with van der Waals surface area (Å²) < 4.78 is 0.884. The molecule has 116 valence electrons. The van der Waals surface area contributed by atoms with Gasteiger partial charge in [0.2, 0.25) is 11.8 Å². The first-order valence-electron chi connectivity index (χ1n) is 6.81. The van der Waals surface area contributed by atoms with Crippen LogP contribution in [0.25, 0.3) is 0 Å². The predicted octanol–water partition coefficient (Wildman–Crippen LogP) is 1.37. The average molecular weight is 357 g/mol. The quantitative estimate of drug-likeness (QED) is 0.688. The lowest BCUT2D eigenvalue weighted by molar-refractivity contribution is -0.133. The fourth-order valence-electron chi connectivity index (χ4n) is 1.94. The van der Waals surface area contributed by atoms with Gasteiger partial charge >= 0.3 is 0 Å². The second-order valence-electron chi connectivity index (χ2n) is 5.44. The molecule has 0 bridgehead atoms. The largest absolute Gasteiger partial charge is 0.383 e. The van der Waals surface area contributed by atoms with Crippen molar-refractivity contribution in [1.29, 1.82) is 0 Å². The van der Waals surface area contributed by atoms with Crippen molar-refractivity contribution in [2.45, 2.75) is 38.8 Å². The first-order chi connectivity index (χ1) is 9.79. The molecular formula is C15H21BrN2O3. The lowest BCUT2D eigenvalue weighted by atomic mass is 10.0. The first kappa shape index (κ1) is 17.7. The van der Waals surface area contributed by atoms with Gasteiger partial charge in [0.15, 0.2) is 0 Å². The van der Waals surface area contributed by atoms with E-state index in [9.17, 15) is 14.7 Å². The van der Waals surface area contributed by atoms with Gasteiger partial charge in [-0.05, 0) is 30.0 Å². The van der Waals surface area contributed by atoms with E-state index in [4.69, 9.17) is 5.73 Å². The lowest BCUT2D eigenvalue weighted by Gasteiger charge is -2.19. The highest BCUT2D eigenvalue weighted by Gasteiger charge is 2.23. The fourth-order valence-corrected chi connectivity index (χ4v) is 2.39. The second kappa shape index (κ2) is 8.14. The molecule has 1 aromatic carbocycles. The molecule has 4 N–H and O–H groups in total. The molecule has 0 unspecified atom stereocenters. The van der Waals surface area contributed by atoms with E-state index in [-0.39, 0.29) is 12.3 Å². The molecule has 0 saturated heterocycles. The highest BCUT2D eigenvalue weighted by Crippen LogP contribution is 2.13. The molecule has 0 saturated carbocycles. The number of hydrogen-bond acceptors (Lipinski definition) is 3. The van der Waals surface area contributed by atoms with Crippen LogP contribution < -0.4 is 11.1 Å². The van der Waals surface area contributed by atoms with Gasteiger partial charge in [0.05, 0.1) is 0 Å². The van der Waals surface area contributed by atoms with E-state index >= 15 is 0 Å². The Morgan fingerprint density at radius 3 is 2.57 bits per heavy atom. The first-order valence-corrected chi connectivity index (χ1v) is 7.61. The zero-order valence-electron chi connectivity index (χ0n) is 12.2. The molecule has 2 atom stereocenters. The third-order valence-electron chi connectivity index (χ3n) is 2.99. The predicted molar refractivity (Wildman–Crippen MR) is 84.4 cm³/mol. The molecule has 0 aromatic heterocycles. The van der Waals surface area contributed by atoms with Crippen LogP contribution in [0.4, 0.5) is 0 Å². The number of carbonyl (C=O) groups excluding carboxylic acids is 2. The minimum absolute atomic E-state index is 0.183. The average Bonchev–Trinajstić information content (AvgIpc) is 2.36. The number of benzene rings is 1. The van der Waals surface area contributed by atoms with Gasteiger partial charge in [0.25, 0.3) is 0 Å². The van der Waals surface area contributed by atoms with E-state index in [2.05, 4.69) is 21.2 Å². The van der Waals surface area contributed by atoms with Gasteiger partial charge in [-0.1, -0.05) is 41.9 Å². The van der Waals surface area contributed by atoms with Crippen molar-refractivity contribution in [3.63, 3.8) is 0 Å². The van der Waals surface area contributed by atoms with Gasteiger partial charge in [-0.15, -0.1) is 0 Å². The maximum absolute atomic E-state index is 11.9. The molecular weight excluding hydrogens is 336 g/mol. The summed E-state index contributed by atoms with van der Waals surface area (Å²) in [6.45, 7) is 3.81. The van der Waals surface area contributed by atoms with Gasteiger partial charge in [0, 0.05) is 10.9 Å². The van der Waals surface area contributed by atoms with Crippen LogP contribution in [-0.2, 0) is 16.0 Å². The summed E-state index contributed by atoms with van der Waals surface area (Å²) in [6, 6.07) is 6.57. The number of rotatable bonds is 7. The van der Waals surface area contributed by atoms with Crippen LogP contribution in [0.15, 0.2) is 28.7 Å². The SMILES string of the molecule is CC(C)C[C@H](O)C(=O)N[C@@H](Cc1cccc(Br)c1)C(N)=O. The number of carbonyl (C=O) groups is 2. The second-order valence-corrected chi connectivity index (χ2v) is 6.36. The van der Waals surface area contributed by atoms with Gasteiger partial charge in [-0.3, -0.25) is 9.59 Å². The van der Waals surface area contributed by atoms with Crippen molar-refractivity contribution in [1.82, 2.24) is 5.32 Å². The van der Waals surface area contributed by atoms with Gasteiger partial charge in [0.1, 0.15) is 12.1 Å². The van der Waals surface area contributed by atoms with Crippen LogP contribution in [0.3, 0.4) is 0 Å². The van der Waals surface area contributed by atoms with Crippen LogP contribution in [-0.4, -0.2) is 29.1 Å².